The Morgan fingerprint density at radius 2 is 1.52 bits per heavy atom. The fourth-order valence-electron chi connectivity index (χ4n) is 3.73. The number of hydrogen-bond donors (Lipinski definition) is 1. The number of nitrogens with zero attached hydrogens (tertiary/aromatic N) is 2. The molecule has 1 heterocycles. The van der Waals surface area contributed by atoms with E-state index in [4.69, 9.17) is 24.7 Å². The molecule has 1 saturated heterocycles. The molecule has 0 radical (unpaired) electrons. The van der Waals surface area contributed by atoms with Gasteiger partial charge in [0.2, 0.25) is 5.75 Å². The minimum absolute atomic E-state index is 0.108. The van der Waals surface area contributed by atoms with Crippen molar-refractivity contribution in [2.75, 3.05) is 60.7 Å². The fourth-order valence-corrected chi connectivity index (χ4v) is 3.73. The molecule has 0 spiro atoms. The van der Waals surface area contributed by atoms with Crippen LogP contribution in [0, 0.1) is 0 Å². The van der Waals surface area contributed by atoms with Gasteiger partial charge in [-0.25, -0.2) is 0 Å². The van der Waals surface area contributed by atoms with E-state index < -0.39 is 5.91 Å². The molecule has 3 rings (SSSR count). The first-order valence-electron chi connectivity index (χ1n) is 10.8. The third kappa shape index (κ3) is 6.29. The molecule has 2 aromatic rings. The summed E-state index contributed by atoms with van der Waals surface area (Å²) in [5.74, 6) is 0.964. The van der Waals surface area contributed by atoms with Crippen LogP contribution in [0.5, 0.6) is 23.0 Å². The summed E-state index contributed by atoms with van der Waals surface area (Å²) in [5.41, 5.74) is 6.85. The smallest absolute Gasteiger partial charge is 0.255 e. The SMILES string of the molecule is COc1ccc(CCN2CCN(C(=O)c3cc(OC)c(OCC(N)=O)c(OC)c3)CC2)cc1. The molecule has 33 heavy (non-hydrogen) atoms. The van der Waals surface area contributed by atoms with Crippen LogP contribution in [0.2, 0.25) is 0 Å². The number of carbonyl (C=O) groups excluding carboxylic acids is 2. The highest BCUT2D eigenvalue weighted by molar-refractivity contribution is 5.95. The Bertz CT molecular complexity index is 930. The summed E-state index contributed by atoms with van der Waals surface area (Å²) in [5, 5.41) is 0. The van der Waals surface area contributed by atoms with E-state index in [2.05, 4.69) is 17.0 Å². The average molecular weight is 458 g/mol. The molecular weight excluding hydrogens is 426 g/mol. The monoisotopic (exact) mass is 457 g/mol. The highest BCUT2D eigenvalue weighted by Gasteiger charge is 2.25. The summed E-state index contributed by atoms with van der Waals surface area (Å²) in [6, 6.07) is 11.3. The Morgan fingerprint density at radius 1 is 0.909 bits per heavy atom. The Hall–Kier alpha value is -3.46. The van der Waals surface area contributed by atoms with Crippen LogP contribution in [0.1, 0.15) is 15.9 Å². The largest absolute Gasteiger partial charge is 0.497 e. The van der Waals surface area contributed by atoms with Crippen molar-refractivity contribution in [1.82, 2.24) is 9.80 Å². The van der Waals surface area contributed by atoms with Crippen molar-refractivity contribution in [2.24, 2.45) is 5.73 Å². The van der Waals surface area contributed by atoms with E-state index in [1.165, 1.54) is 19.8 Å². The minimum Gasteiger partial charge on any atom is -0.497 e. The van der Waals surface area contributed by atoms with E-state index in [0.717, 1.165) is 31.8 Å². The van der Waals surface area contributed by atoms with Crippen molar-refractivity contribution in [3.05, 3.63) is 47.5 Å². The normalized spacial score (nSPS) is 14.0. The summed E-state index contributed by atoms with van der Waals surface area (Å²) in [7, 11) is 4.58. The van der Waals surface area contributed by atoms with E-state index in [1.54, 1.807) is 19.2 Å². The van der Waals surface area contributed by atoms with Crippen LogP contribution in [0.15, 0.2) is 36.4 Å². The molecule has 178 valence electrons. The molecule has 2 amide bonds. The molecule has 2 N–H and O–H groups in total. The highest BCUT2D eigenvalue weighted by atomic mass is 16.5. The van der Waals surface area contributed by atoms with Crippen LogP contribution in [0.3, 0.4) is 0 Å². The number of ether oxygens (including phenoxy) is 4. The standard InChI is InChI=1S/C24H31N3O6/c1-30-19-6-4-17(5-7-19)8-9-26-10-12-27(13-11-26)24(29)18-14-20(31-2)23(21(15-18)32-3)33-16-22(25)28/h4-7,14-15H,8-13,16H2,1-3H3,(H2,25,28). The number of rotatable bonds is 10. The van der Waals surface area contributed by atoms with Crippen molar-refractivity contribution < 1.29 is 28.5 Å². The lowest BCUT2D eigenvalue weighted by atomic mass is 10.1. The lowest BCUT2D eigenvalue weighted by Gasteiger charge is -2.35. The molecular formula is C24H31N3O6. The number of amides is 2. The lowest BCUT2D eigenvalue weighted by Crippen LogP contribution is -2.49. The van der Waals surface area contributed by atoms with Crippen molar-refractivity contribution in [1.29, 1.82) is 0 Å². The maximum Gasteiger partial charge on any atom is 0.255 e. The number of carbonyl (C=O) groups is 2. The van der Waals surface area contributed by atoms with Crippen LogP contribution in [-0.4, -0.2) is 82.3 Å². The summed E-state index contributed by atoms with van der Waals surface area (Å²) in [6.45, 7) is 3.48. The summed E-state index contributed by atoms with van der Waals surface area (Å²) >= 11 is 0. The Balaban J connectivity index is 1.59. The van der Waals surface area contributed by atoms with Gasteiger partial charge in [-0.2, -0.15) is 0 Å². The van der Waals surface area contributed by atoms with Crippen LogP contribution >= 0.6 is 0 Å². The van der Waals surface area contributed by atoms with Gasteiger partial charge in [0, 0.05) is 38.3 Å². The van der Waals surface area contributed by atoms with E-state index in [0.29, 0.717) is 30.2 Å². The third-order valence-corrected chi connectivity index (χ3v) is 5.60. The average Bonchev–Trinajstić information content (AvgIpc) is 2.85. The molecule has 0 bridgehead atoms. The van der Waals surface area contributed by atoms with E-state index in [1.807, 2.05) is 17.0 Å². The van der Waals surface area contributed by atoms with E-state index in [9.17, 15) is 9.59 Å². The van der Waals surface area contributed by atoms with Gasteiger partial charge in [0.05, 0.1) is 21.3 Å². The molecule has 2 aromatic carbocycles. The van der Waals surface area contributed by atoms with Crippen molar-refractivity contribution in [2.45, 2.75) is 6.42 Å². The molecule has 0 unspecified atom stereocenters. The summed E-state index contributed by atoms with van der Waals surface area (Å²) < 4.78 is 21.3. The van der Waals surface area contributed by atoms with Gasteiger partial charge in [-0.05, 0) is 36.2 Å². The van der Waals surface area contributed by atoms with Gasteiger partial charge in [0.25, 0.3) is 11.8 Å². The maximum absolute atomic E-state index is 13.1. The third-order valence-electron chi connectivity index (χ3n) is 5.60. The molecule has 1 fully saturated rings. The second-order valence-electron chi connectivity index (χ2n) is 7.70. The summed E-state index contributed by atoms with van der Waals surface area (Å²) in [6.07, 6.45) is 0.944. The molecule has 0 saturated carbocycles. The first kappa shape index (κ1) is 24.2. The second kappa shape index (κ2) is 11.4. The zero-order valence-corrected chi connectivity index (χ0v) is 19.3. The zero-order chi connectivity index (χ0) is 23.8. The molecule has 0 aromatic heterocycles. The van der Waals surface area contributed by atoms with Gasteiger partial charge >= 0.3 is 0 Å². The van der Waals surface area contributed by atoms with Crippen LogP contribution < -0.4 is 24.7 Å². The van der Waals surface area contributed by atoms with Gasteiger partial charge in [0.1, 0.15) is 5.75 Å². The molecule has 0 atom stereocenters. The number of primary amides is 1. The van der Waals surface area contributed by atoms with Gasteiger partial charge in [-0.15, -0.1) is 0 Å². The van der Waals surface area contributed by atoms with Crippen LogP contribution in [0.4, 0.5) is 0 Å². The van der Waals surface area contributed by atoms with E-state index in [-0.39, 0.29) is 18.3 Å². The molecule has 0 aliphatic carbocycles. The molecule has 1 aliphatic heterocycles. The first-order valence-corrected chi connectivity index (χ1v) is 10.8. The Kier molecular flexibility index (Phi) is 8.37. The molecule has 9 heteroatoms. The van der Waals surface area contributed by atoms with Crippen molar-refractivity contribution in [3.8, 4) is 23.0 Å². The Morgan fingerprint density at radius 3 is 2.03 bits per heavy atom. The van der Waals surface area contributed by atoms with Crippen LogP contribution in [-0.2, 0) is 11.2 Å². The topological polar surface area (TPSA) is 104 Å². The molecule has 1 aliphatic rings. The number of nitrogens with two attached hydrogens (primary N) is 1. The quantitative estimate of drug-likeness (QED) is 0.578. The molecule has 9 nitrogen and oxygen atoms in total. The highest BCUT2D eigenvalue weighted by Crippen LogP contribution is 2.39. The number of hydrogen-bond acceptors (Lipinski definition) is 7. The maximum atomic E-state index is 13.1. The van der Waals surface area contributed by atoms with Crippen molar-refractivity contribution in [3.63, 3.8) is 0 Å². The van der Waals surface area contributed by atoms with Gasteiger partial charge in [-0.3, -0.25) is 14.5 Å². The summed E-state index contributed by atoms with van der Waals surface area (Å²) in [4.78, 5) is 28.4. The van der Waals surface area contributed by atoms with Crippen molar-refractivity contribution >= 4 is 11.8 Å². The number of methoxy groups -OCH3 is 3. The predicted octanol–water partition coefficient (Wildman–Crippen LogP) is 1.58. The number of piperazine rings is 1. The fraction of sp³-hybridized carbons (Fsp3) is 0.417. The minimum atomic E-state index is -0.621. The predicted molar refractivity (Wildman–Crippen MR) is 123 cm³/mol. The zero-order valence-electron chi connectivity index (χ0n) is 19.3. The van der Waals surface area contributed by atoms with Crippen LogP contribution in [0.25, 0.3) is 0 Å². The Labute approximate surface area is 193 Å². The van der Waals surface area contributed by atoms with Gasteiger partial charge < -0.3 is 29.6 Å². The van der Waals surface area contributed by atoms with E-state index >= 15 is 0 Å². The first-order chi connectivity index (χ1) is 15.9. The second-order valence-corrected chi connectivity index (χ2v) is 7.70. The lowest BCUT2D eigenvalue weighted by molar-refractivity contribution is -0.120. The van der Waals surface area contributed by atoms with Gasteiger partial charge in [0.15, 0.2) is 18.1 Å². The number of benzene rings is 2. The van der Waals surface area contributed by atoms with Gasteiger partial charge in [-0.1, -0.05) is 12.1 Å².